The summed E-state index contributed by atoms with van der Waals surface area (Å²) in [6.07, 6.45) is 0.878. The summed E-state index contributed by atoms with van der Waals surface area (Å²) in [5.41, 5.74) is 1.05. The lowest BCUT2D eigenvalue weighted by Gasteiger charge is -2.22. The minimum atomic E-state index is 0.101. The maximum Gasteiger partial charge on any atom is 0.236 e. The second kappa shape index (κ2) is 8.50. The van der Waals surface area contributed by atoms with Crippen LogP contribution in [-0.4, -0.2) is 30.4 Å². The van der Waals surface area contributed by atoms with Crippen LogP contribution >= 0.6 is 23.2 Å². The maximum atomic E-state index is 12.0. The van der Waals surface area contributed by atoms with Crippen molar-refractivity contribution >= 4 is 29.1 Å². The Morgan fingerprint density at radius 3 is 2.35 bits per heavy atom. The Balaban J connectivity index is 2.67. The number of carbonyl (C=O) groups is 1. The van der Waals surface area contributed by atoms with E-state index in [0.717, 1.165) is 25.1 Å². The van der Waals surface area contributed by atoms with Crippen molar-refractivity contribution in [3.63, 3.8) is 0 Å². The molecular weight excluding hydrogens is 295 g/mol. The van der Waals surface area contributed by atoms with Crippen molar-refractivity contribution < 1.29 is 4.79 Å². The van der Waals surface area contributed by atoms with Crippen molar-refractivity contribution in [2.45, 2.75) is 33.2 Å². The van der Waals surface area contributed by atoms with E-state index < -0.39 is 0 Å². The number of benzene rings is 1. The average molecular weight is 317 g/mol. The Bertz CT molecular complexity index is 447. The van der Waals surface area contributed by atoms with Gasteiger partial charge in [0.05, 0.1) is 16.6 Å². The molecule has 0 saturated carbocycles. The third kappa shape index (κ3) is 4.65. The van der Waals surface area contributed by atoms with Crippen LogP contribution in [0.15, 0.2) is 18.2 Å². The Kier molecular flexibility index (Phi) is 7.35. The van der Waals surface area contributed by atoms with Gasteiger partial charge in [0, 0.05) is 19.1 Å². The number of likely N-dealkylation sites (N-methyl/N-ethyl adjacent to an activating group) is 1. The summed E-state index contributed by atoms with van der Waals surface area (Å²) in [4.78, 5) is 13.8. The van der Waals surface area contributed by atoms with Crippen LogP contribution < -0.4 is 5.32 Å². The first-order valence-corrected chi connectivity index (χ1v) is 7.75. The molecule has 1 rings (SSSR count). The normalized spacial score (nSPS) is 12.2. The number of rotatable bonds is 7. The minimum absolute atomic E-state index is 0.101. The van der Waals surface area contributed by atoms with E-state index in [-0.39, 0.29) is 11.9 Å². The number of halogens is 2. The van der Waals surface area contributed by atoms with Gasteiger partial charge in [-0.3, -0.25) is 4.79 Å². The summed E-state index contributed by atoms with van der Waals surface area (Å²) in [7, 11) is 0. The van der Waals surface area contributed by atoms with Gasteiger partial charge in [0.25, 0.3) is 0 Å². The highest BCUT2D eigenvalue weighted by Gasteiger charge is 2.14. The third-order valence-electron chi connectivity index (χ3n) is 3.37. The molecular formula is C15H22Cl2N2O. The van der Waals surface area contributed by atoms with E-state index in [0.29, 0.717) is 16.6 Å². The topological polar surface area (TPSA) is 32.3 Å². The molecule has 0 bridgehead atoms. The number of amides is 1. The van der Waals surface area contributed by atoms with Crippen molar-refractivity contribution in [3.8, 4) is 0 Å². The number of hydrogen-bond acceptors (Lipinski definition) is 2. The van der Waals surface area contributed by atoms with Crippen LogP contribution in [0.2, 0.25) is 10.0 Å². The molecule has 1 atom stereocenters. The second-order valence-electron chi connectivity index (χ2n) is 4.58. The van der Waals surface area contributed by atoms with Crippen LogP contribution in [0.4, 0.5) is 0 Å². The van der Waals surface area contributed by atoms with E-state index in [1.807, 2.05) is 30.9 Å². The highest BCUT2D eigenvalue weighted by molar-refractivity contribution is 6.42. The van der Waals surface area contributed by atoms with E-state index in [9.17, 15) is 4.79 Å². The lowest BCUT2D eigenvalue weighted by Crippen LogP contribution is -2.39. The van der Waals surface area contributed by atoms with Gasteiger partial charge in [-0.1, -0.05) is 36.2 Å². The van der Waals surface area contributed by atoms with Crippen LogP contribution in [0.3, 0.4) is 0 Å². The zero-order valence-electron chi connectivity index (χ0n) is 12.2. The van der Waals surface area contributed by atoms with Gasteiger partial charge in [-0.15, -0.1) is 0 Å². The zero-order valence-corrected chi connectivity index (χ0v) is 13.8. The van der Waals surface area contributed by atoms with Crippen molar-refractivity contribution in [2.24, 2.45) is 0 Å². The van der Waals surface area contributed by atoms with Gasteiger partial charge in [0.15, 0.2) is 0 Å². The molecule has 1 aromatic rings. The number of carbonyl (C=O) groups excluding carboxylic acids is 1. The molecule has 0 radical (unpaired) electrons. The molecule has 0 aromatic heterocycles. The number of hydrogen-bond donors (Lipinski definition) is 1. The second-order valence-corrected chi connectivity index (χ2v) is 5.40. The fraction of sp³-hybridized carbons (Fsp3) is 0.533. The number of nitrogens with zero attached hydrogens (tertiary/aromatic N) is 1. The summed E-state index contributed by atoms with van der Waals surface area (Å²) in [6.45, 7) is 7.85. The van der Waals surface area contributed by atoms with Crippen LogP contribution in [-0.2, 0) is 4.79 Å². The van der Waals surface area contributed by atoms with Crippen LogP contribution in [0.1, 0.15) is 38.8 Å². The molecule has 3 nitrogen and oxygen atoms in total. The van der Waals surface area contributed by atoms with Crippen LogP contribution in [0, 0.1) is 0 Å². The summed E-state index contributed by atoms with van der Waals surface area (Å²) >= 11 is 12.0. The molecule has 1 N–H and O–H groups in total. The first-order valence-electron chi connectivity index (χ1n) is 6.99. The molecule has 1 amide bonds. The minimum Gasteiger partial charge on any atom is -0.342 e. The fourth-order valence-electron chi connectivity index (χ4n) is 2.13. The molecule has 0 aliphatic heterocycles. The smallest absolute Gasteiger partial charge is 0.236 e. The molecule has 0 spiro atoms. The largest absolute Gasteiger partial charge is 0.342 e. The standard InChI is InChI=1S/C15H22Cl2N2O/c1-4-14(11-7-8-12(16)13(17)9-11)18-10-15(20)19(5-2)6-3/h7-9,14,18H,4-6,10H2,1-3H3. The highest BCUT2D eigenvalue weighted by Crippen LogP contribution is 2.26. The van der Waals surface area contributed by atoms with Gasteiger partial charge in [0.1, 0.15) is 0 Å². The van der Waals surface area contributed by atoms with Crippen molar-refractivity contribution in [1.29, 1.82) is 0 Å². The van der Waals surface area contributed by atoms with E-state index in [1.54, 1.807) is 6.07 Å². The van der Waals surface area contributed by atoms with Gasteiger partial charge in [-0.25, -0.2) is 0 Å². The SMILES string of the molecule is CCC(NCC(=O)N(CC)CC)c1ccc(Cl)c(Cl)c1. The van der Waals surface area contributed by atoms with Gasteiger partial charge < -0.3 is 10.2 Å². The molecule has 0 saturated heterocycles. The lowest BCUT2D eigenvalue weighted by molar-refractivity contribution is -0.130. The first kappa shape index (κ1) is 17.3. The summed E-state index contributed by atoms with van der Waals surface area (Å²) in [6, 6.07) is 5.68. The summed E-state index contributed by atoms with van der Waals surface area (Å²) in [5, 5.41) is 4.38. The van der Waals surface area contributed by atoms with E-state index in [2.05, 4.69) is 12.2 Å². The highest BCUT2D eigenvalue weighted by atomic mass is 35.5. The van der Waals surface area contributed by atoms with Gasteiger partial charge in [0.2, 0.25) is 5.91 Å². The van der Waals surface area contributed by atoms with Gasteiger partial charge >= 0.3 is 0 Å². The molecule has 0 aliphatic carbocycles. The van der Waals surface area contributed by atoms with Crippen LogP contribution in [0.5, 0.6) is 0 Å². The Hall–Kier alpha value is -0.770. The van der Waals surface area contributed by atoms with Crippen molar-refractivity contribution in [2.75, 3.05) is 19.6 Å². The predicted octanol–water partition coefficient (Wildman–Crippen LogP) is 3.90. The summed E-state index contributed by atoms with van der Waals surface area (Å²) in [5.74, 6) is 0.119. The average Bonchev–Trinajstić information content (AvgIpc) is 2.44. The number of nitrogens with one attached hydrogen (secondary N) is 1. The fourth-order valence-corrected chi connectivity index (χ4v) is 2.43. The van der Waals surface area contributed by atoms with E-state index in [4.69, 9.17) is 23.2 Å². The monoisotopic (exact) mass is 316 g/mol. The Morgan fingerprint density at radius 2 is 1.85 bits per heavy atom. The molecule has 0 heterocycles. The molecule has 5 heteroatoms. The van der Waals surface area contributed by atoms with Crippen LogP contribution in [0.25, 0.3) is 0 Å². The summed E-state index contributed by atoms with van der Waals surface area (Å²) < 4.78 is 0. The van der Waals surface area contributed by atoms with E-state index in [1.165, 1.54) is 0 Å². The third-order valence-corrected chi connectivity index (χ3v) is 4.11. The molecule has 1 aromatic carbocycles. The molecule has 0 fully saturated rings. The van der Waals surface area contributed by atoms with Gasteiger partial charge in [-0.05, 0) is 38.0 Å². The first-order chi connectivity index (χ1) is 9.53. The Morgan fingerprint density at radius 1 is 1.20 bits per heavy atom. The Labute approximate surface area is 131 Å². The molecule has 0 aliphatic rings. The molecule has 1 unspecified atom stereocenters. The maximum absolute atomic E-state index is 12.0. The predicted molar refractivity (Wildman–Crippen MR) is 85.4 cm³/mol. The van der Waals surface area contributed by atoms with E-state index >= 15 is 0 Å². The molecule has 20 heavy (non-hydrogen) atoms. The lowest BCUT2D eigenvalue weighted by atomic mass is 10.0. The zero-order chi connectivity index (χ0) is 15.1. The van der Waals surface area contributed by atoms with Gasteiger partial charge in [-0.2, -0.15) is 0 Å². The quantitative estimate of drug-likeness (QED) is 0.827. The molecule has 112 valence electrons. The van der Waals surface area contributed by atoms with Crippen molar-refractivity contribution in [3.05, 3.63) is 33.8 Å². The van der Waals surface area contributed by atoms with Crippen molar-refractivity contribution in [1.82, 2.24) is 10.2 Å².